The van der Waals surface area contributed by atoms with Gasteiger partial charge in [-0.3, -0.25) is 4.90 Å². The van der Waals surface area contributed by atoms with Gasteiger partial charge in [0.15, 0.2) is 0 Å². The molecule has 0 amide bonds. The first-order chi connectivity index (χ1) is 5.89. The van der Waals surface area contributed by atoms with Gasteiger partial charge in [0.2, 0.25) is 5.79 Å². The number of hydrogen-bond donors (Lipinski definition) is 2. The molecule has 0 aliphatic carbocycles. The van der Waals surface area contributed by atoms with Crippen LogP contribution in [-0.4, -0.2) is 46.2 Å². The summed E-state index contributed by atoms with van der Waals surface area (Å²) in [5.74, 6) is -6.29. The molecule has 78 valence electrons. The standard InChI is InChI=1S/C7H14F2NO2P/c8-6(9)4-10(5-13)3-1-2-7(6,11)12/h11-12H,1-5,13H2. The Hall–Kier alpha value is 0.170. The zero-order chi connectivity index (χ0) is 10.1. The largest absolute Gasteiger partial charge is 0.361 e. The number of halogens is 2. The molecule has 0 radical (unpaired) electrons. The summed E-state index contributed by atoms with van der Waals surface area (Å²) in [5, 5.41) is 18.1. The van der Waals surface area contributed by atoms with Crippen LogP contribution >= 0.6 is 9.24 Å². The van der Waals surface area contributed by atoms with Crippen LogP contribution in [0.25, 0.3) is 0 Å². The molecule has 0 aromatic carbocycles. The van der Waals surface area contributed by atoms with Crippen molar-refractivity contribution >= 4 is 9.24 Å². The van der Waals surface area contributed by atoms with Gasteiger partial charge < -0.3 is 10.2 Å². The van der Waals surface area contributed by atoms with Crippen LogP contribution in [0.4, 0.5) is 8.78 Å². The van der Waals surface area contributed by atoms with E-state index in [1.807, 2.05) is 0 Å². The van der Waals surface area contributed by atoms with E-state index in [-0.39, 0.29) is 6.42 Å². The summed E-state index contributed by atoms with van der Waals surface area (Å²) in [6.07, 6.45) is 0.518. The van der Waals surface area contributed by atoms with Crippen LogP contribution < -0.4 is 0 Å². The molecular weight excluding hydrogens is 199 g/mol. The molecule has 1 heterocycles. The monoisotopic (exact) mass is 213 g/mol. The Balaban J connectivity index is 2.75. The second-order valence-corrected chi connectivity index (χ2v) is 3.72. The molecule has 0 bridgehead atoms. The molecule has 1 rings (SSSR count). The summed E-state index contributed by atoms with van der Waals surface area (Å²) in [7, 11) is 2.35. The van der Waals surface area contributed by atoms with Crippen molar-refractivity contribution in [1.82, 2.24) is 4.90 Å². The maximum atomic E-state index is 13.1. The highest BCUT2D eigenvalue weighted by atomic mass is 31.0. The first-order valence-electron chi connectivity index (χ1n) is 4.14. The van der Waals surface area contributed by atoms with Crippen molar-refractivity contribution in [2.24, 2.45) is 0 Å². The van der Waals surface area contributed by atoms with Crippen molar-refractivity contribution in [2.45, 2.75) is 24.6 Å². The normalized spacial score (nSPS) is 28.4. The molecule has 1 fully saturated rings. The Morgan fingerprint density at radius 1 is 1.38 bits per heavy atom. The molecule has 3 nitrogen and oxygen atoms in total. The average molecular weight is 213 g/mol. The maximum absolute atomic E-state index is 13.1. The minimum Gasteiger partial charge on any atom is -0.361 e. The van der Waals surface area contributed by atoms with E-state index < -0.39 is 18.3 Å². The molecule has 1 aliphatic heterocycles. The summed E-state index contributed by atoms with van der Waals surface area (Å²) in [6, 6.07) is 0. The highest BCUT2D eigenvalue weighted by Gasteiger charge is 2.53. The van der Waals surface area contributed by atoms with Gasteiger partial charge in [0, 0.05) is 12.7 Å². The molecule has 1 unspecified atom stereocenters. The third-order valence-corrected chi connectivity index (χ3v) is 2.78. The molecule has 0 spiro atoms. The summed E-state index contributed by atoms with van der Waals surface area (Å²) in [4.78, 5) is 1.48. The molecule has 1 saturated heterocycles. The van der Waals surface area contributed by atoms with Gasteiger partial charge in [-0.25, -0.2) is 0 Å². The van der Waals surface area contributed by atoms with E-state index in [1.165, 1.54) is 4.90 Å². The van der Waals surface area contributed by atoms with Gasteiger partial charge in [-0.15, -0.1) is 9.24 Å². The van der Waals surface area contributed by atoms with E-state index in [2.05, 4.69) is 9.24 Å². The van der Waals surface area contributed by atoms with E-state index in [9.17, 15) is 8.78 Å². The third-order valence-electron chi connectivity index (χ3n) is 2.27. The lowest BCUT2D eigenvalue weighted by molar-refractivity contribution is -0.295. The third kappa shape index (κ3) is 2.34. The minimum atomic E-state index is -3.44. The predicted molar refractivity (Wildman–Crippen MR) is 47.5 cm³/mol. The van der Waals surface area contributed by atoms with Crippen LogP contribution in [-0.2, 0) is 0 Å². The minimum absolute atomic E-state index is 0.277. The summed E-state index contributed by atoms with van der Waals surface area (Å²) < 4.78 is 26.3. The fourth-order valence-electron chi connectivity index (χ4n) is 1.37. The summed E-state index contributed by atoms with van der Waals surface area (Å²) in [6.45, 7) is -0.120. The van der Waals surface area contributed by atoms with Crippen LogP contribution in [0.3, 0.4) is 0 Å². The SMILES string of the molecule is OC1(O)CCCN(CP)CC1(F)F. The van der Waals surface area contributed by atoms with Crippen LogP contribution in [0.15, 0.2) is 0 Å². The molecule has 0 aromatic rings. The van der Waals surface area contributed by atoms with Crippen molar-refractivity contribution in [3.63, 3.8) is 0 Å². The lowest BCUT2D eigenvalue weighted by Crippen LogP contribution is -2.52. The number of alkyl halides is 2. The fourth-order valence-corrected chi connectivity index (χ4v) is 1.69. The molecule has 1 aliphatic rings. The van der Waals surface area contributed by atoms with E-state index in [0.29, 0.717) is 19.3 Å². The van der Waals surface area contributed by atoms with Gasteiger partial charge in [0.25, 0.3) is 0 Å². The lowest BCUT2D eigenvalue weighted by atomic mass is 10.1. The first-order valence-corrected chi connectivity index (χ1v) is 4.96. The molecular formula is C7H14F2NO2P. The van der Waals surface area contributed by atoms with Crippen molar-refractivity contribution < 1.29 is 19.0 Å². The highest BCUT2D eigenvalue weighted by molar-refractivity contribution is 7.16. The smallest absolute Gasteiger partial charge is 0.312 e. The Morgan fingerprint density at radius 3 is 2.54 bits per heavy atom. The van der Waals surface area contributed by atoms with Crippen LogP contribution in [0.2, 0.25) is 0 Å². The molecule has 0 saturated carbocycles. The van der Waals surface area contributed by atoms with Gasteiger partial charge in [-0.1, -0.05) is 0 Å². The maximum Gasteiger partial charge on any atom is 0.312 e. The van der Waals surface area contributed by atoms with Crippen LogP contribution in [0, 0.1) is 0 Å². The van der Waals surface area contributed by atoms with E-state index in [1.54, 1.807) is 0 Å². The average Bonchev–Trinajstić information content (AvgIpc) is 2.09. The molecule has 0 aromatic heterocycles. The zero-order valence-corrected chi connectivity index (χ0v) is 8.37. The number of aliphatic hydroxyl groups is 2. The van der Waals surface area contributed by atoms with E-state index in [4.69, 9.17) is 10.2 Å². The van der Waals surface area contributed by atoms with Gasteiger partial charge in [0.05, 0.1) is 6.54 Å². The van der Waals surface area contributed by atoms with Crippen LogP contribution in [0.1, 0.15) is 12.8 Å². The van der Waals surface area contributed by atoms with Crippen molar-refractivity contribution in [2.75, 3.05) is 19.4 Å². The Labute approximate surface area is 77.9 Å². The second kappa shape index (κ2) is 3.73. The Bertz CT molecular complexity index is 189. The molecule has 13 heavy (non-hydrogen) atoms. The molecule has 6 heteroatoms. The number of hydrogen-bond acceptors (Lipinski definition) is 3. The zero-order valence-electron chi connectivity index (χ0n) is 7.21. The van der Waals surface area contributed by atoms with Gasteiger partial charge >= 0.3 is 5.92 Å². The second-order valence-electron chi connectivity index (χ2n) is 3.36. The Kier molecular flexibility index (Phi) is 3.23. The Morgan fingerprint density at radius 2 is 2.00 bits per heavy atom. The van der Waals surface area contributed by atoms with Gasteiger partial charge in [0.1, 0.15) is 0 Å². The number of nitrogens with zero attached hydrogens (tertiary/aromatic N) is 1. The molecule has 2 N–H and O–H groups in total. The van der Waals surface area contributed by atoms with Gasteiger partial charge in [-0.2, -0.15) is 8.78 Å². The fraction of sp³-hybridized carbons (Fsp3) is 1.00. The summed E-state index contributed by atoms with van der Waals surface area (Å²) in [5.41, 5.74) is 0. The quantitative estimate of drug-likeness (QED) is 0.484. The van der Waals surface area contributed by atoms with Crippen molar-refractivity contribution in [1.29, 1.82) is 0 Å². The van der Waals surface area contributed by atoms with Crippen molar-refractivity contribution in [3.05, 3.63) is 0 Å². The summed E-state index contributed by atoms with van der Waals surface area (Å²) >= 11 is 0. The molecule has 1 atom stereocenters. The highest BCUT2D eigenvalue weighted by Crippen LogP contribution is 2.34. The topological polar surface area (TPSA) is 43.7 Å². The predicted octanol–water partition coefficient (Wildman–Crippen LogP) is 0.231. The van der Waals surface area contributed by atoms with Gasteiger partial charge in [-0.05, 0) is 13.0 Å². The van der Waals surface area contributed by atoms with E-state index in [0.717, 1.165) is 0 Å². The number of likely N-dealkylation sites (tertiary alicyclic amines) is 1. The first kappa shape index (κ1) is 11.2. The van der Waals surface area contributed by atoms with Crippen LogP contribution in [0.5, 0.6) is 0 Å². The van der Waals surface area contributed by atoms with Crippen molar-refractivity contribution in [3.8, 4) is 0 Å². The van der Waals surface area contributed by atoms with E-state index >= 15 is 0 Å². The number of rotatable bonds is 1. The lowest BCUT2D eigenvalue weighted by Gasteiger charge is -2.30.